The number of rotatable bonds is 3. The molecule has 1 aromatic rings. The summed E-state index contributed by atoms with van der Waals surface area (Å²) in [6, 6.07) is 0. The summed E-state index contributed by atoms with van der Waals surface area (Å²) < 4.78 is 1.73. The van der Waals surface area contributed by atoms with Crippen molar-refractivity contribution < 1.29 is 9.94 Å². The smallest absolute Gasteiger partial charge is 0.137 e. The zero-order valence-corrected chi connectivity index (χ0v) is 7.20. The first-order valence-electron chi connectivity index (χ1n) is 4.23. The van der Waals surface area contributed by atoms with Crippen molar-refractivity contribution >= 4 is 0 Å². The largest absolute Gasteiger partial charge is 0.389 e. The van der Waals surface area contributed by atoms with E-state index in [1.54, 1.807) is 16.1 Å². The molecule has 6 heteroatoms. The van der Waals surface area contributed by atoms with Crippen molar-refractivity contribution in [3.63, 3.8) is 0 Å². The highest BCUT2D eigenvalue weighted by atomic mass is 16.7. The van der Waals surface area contributed by atoms with Crippen LogP contribution in [0.1, 0.15) is 0 Å². The SMILES string of the molecule is OC1CON(CCn2cncn2)C1. The van der Waals surface area contributed by atoms with Crippen molar-refractivity contribution in [3.05, 3.63) is 12.7 Å². The molecular weight excluding hydrogens is 172 g/mol. The lowest BCUT2D eigenvalue weighted by Gasteiger charge is -2.12. The van der Waals surface area contributed by atoms with Crippen LogP contribution >= 0.6 is 0 Å². The van der Waals surface area contributed by atoms with Gasteiger partial charge in [-0.25, -0.2) is 4.98 Å². The van der Waals surface area contributed by atoms with Crippen molar-refractivity contribution in [2.75, 3.05) is 19.7 Å². The maximum absolute atomic E-state index is 9.16. The molecular formula is C7H12N4O2. The van der Waals surface area contributed by atoms with E-state index in [1.165, 1.54) is 6.33 Å². The molecule has 0 aliphatic carbocycles. The van der Waals surface area contributed by atoms with Crippen LogP contribution in [0, 0.1) is 0 Å². The van der Waals surface area contributed by atoms with Crippen LogP contribution in [0.15, 0.2) is 12.7 Å². The van der Waals surface area contributed by atoms with Gasteiger partial charge >= 0.3 is 0 Å². The highest BCUT2D eigenvalue weighted by Crippen LogP contribution is 2.04. The Bertz CT molecular complexity index is 251. The number of hydroxylamine groups is 2. The Morgan fingerprint density at radius 2 is 2.46 bits per heavy atom. The molecule has 2 rings (SSSR count). The van der Waals surface area contributed by atoms with Gasteiger partial charge in [-0.1, -0.05) is 0 Å². The fourth-order valence-electron chi connectivity index (χ4n) is 1.25. The molecule has 1 aromatic heterocycles. The maximum atomic E-state index is 9.16. The molecule has 0 radical (unpaired) electrons. The minimum Gasteiger partial charge on any atom is -0.389 e. The Morgan fingerprint density at radius 1 is 1.54 bits per heavy atom. The normalized spacial score (nSPS) is 23.9. The number of nitrogens with zero attached hydrogens (tertiary/aromatic N) is 4. The third-order valence-corrected chi connectivity index (χ3v) is 1.91. The summed E-state index contributed by atoms with van der Waals surface area (Å²) in [6.45, 7) is 2.43. The quantitative estimate of drug-likeness (QED) is 0.645. The van der Waals surface area contributed by atoms with E-state index in [0.29, 0.717) is 13.2 Å². The second kappa shape index (κ2) is 3.82. The van der Waals surface area contributed by atoms with Crippen molar-refractivity contribution in [3.8, 4) is 0 Å². The zero-order chi connectivity index (χ0) is 9.10. The van der Waals surface area contributed by atoms with E-state index < -0.39 is 0 Å². The predicted octanol–water partition coefficient (Wildman–Crippen LogP) is -1.11. The lowest BCUT2D eigenvalue weighted by molar-refractivity contribution is -0.112. The van der Waals surface area contributed by atoms with E-state index in [-0.39, 0.29) is 6.10 Å². The van der Waals surface area contributed by atoms with Gasteiger partial charge in [0.15, 0.2) is 0 Å². The van der Waals surface area contributed by atoms with Crippen LogP contribution < -0.4 is 0 Å². The summed E-state index contributed by atoms with van der Waals surface area (Å²) in [5, 5.41) is 14.9. The molecule has 13 heavy (non-hydrogen) atoms. The number of aliphatic hydroxyl groups is 1. The standard InChI is InChI=1S/C7H12N4O2/c12-7-3-11(13-4-7)2-1-10-6-8-5-9-10/h5-7,12H,1-4H2. The van der Waals surface area contributed by atoms with Crippen LogP contribution in [0.2, 0.25) is 0 Å². The topological polar surface area (TPSA) is 63.4 Å². The van der Waals surface area contributed by atoms with Crippen LogP contribution in [0.4, 0.5) is 0 Å². The summed E-state index contributed by atoms with van der Waals surface area (Å²) in [6.07, 6.45) is 2.81. The summed E-state index contributed by atoms with van der Waals surface area (Å²) in [5.41, 5.74) is 0. The molecule has 1 aliphatic rings. The minimum atomic E-state index is -0.351. The van der Waals surface area contributed by atoms with Gasteiger partial charge in [0.05, 0.1) is 25.8 Å². The second-order valence-electron chi connectivity index (χ2n) is 3.00. The third kappa shape index (κ3) is 2.24. The number of aromatic nitrogens is 3. The van der Waals surface area contributed by atoms with Gasteiger partial charge in [0.1, 0.15) is 12.7 Å². The van der Waals surface area contributed by atoms with E-state index in [1.807, 2.05) is 0 Å². The molecule has 1 N–H and O–H groups in total. The molecule has 1 unspecified atom stereocenters. The number of aliphatic hydroxyl groups excluding tert-OH is 1. The first kappa shape index (κ1) is 8.61. The van der Waals surface area contributed by atoms with Gasteiger partial charge in [0, 0.05) is 6.54 Å². The van der Waals surface area contributed by atoms with Crippen molar-refractivity contribution in [1.29, 1.82) is 0 Å². The van der Waals surface area contributed by atoms with Crippen molar-refractivity contribution in [1.82, 2.24) is 19.8 Å². The average molecular weight is 184 g/mol. The molecule has 0 aromatic carbocycles. The van der Waals surface area contributed by atoms with Crippen molar-refractivity contribution in [2.24, 2.45) is 0 Å². The molecule has 1 aliphatic heterocycles. The molecule has 1 atom stereocenters. The molecule has 6 nitrogen and oxygen atoms in total. The molecule has 2 heterocycles. The first-order valence-corrected chi connectivity index (χ1v) is 4.23. The van der Waals surface area contributed by atoms with Crippen LogP contribution in [-0.2, 0) is 11.4 Å². The molecule has 0 amide bonds. The van der Waals surface area contributed by atoms with Crippen molar-refractivity contribution in [2.45, 2.75) is 12.6 Å². The molecule has 0 bridgehead atoms. The third-order valence-electron chi connectivity index (χ3n) is 1.91. The van der Waals surface area contributed by atoms with E-state index in [0.717, 1.165) is 13.1 Å². The monoisotopic (exact) mass is 184 g/mol. The van der Waals surface area contributed by atoms with E-state index in [4.69, 9.17) is 9.94 Å². The summed E-state index contributed by atoms with van der Waals surface area (Å²) in [7, 11) is 0. The molecule has 72 valence electrons. The predicted molar refractivity (Wildman–Crippen MR) is 43.6 cm³/mol. The van der Waals surface area contributed by atoms with Gasteiger partial charge < -0.3 is 5.11 Å². The lowest BCUT2D eigenvalue weighted by Crippen LogP contribution is -2.25. The number of β-amino-alcohol motifs (C(OH)–C–C–N with tert-alkyl or cyclic N) is 1. The van der Waals surface area contributed by atoms with Crippen LogP contribution in [0.25, 0.3) is 0 Å². The Morgan fingerprint density at radius 3 is 3.08 bits per heavy atom. The van der Waals surface area contributed by atoms with Crippen LogP contribution in [0.5, 0.6) is 0 Å². The van der Waals surface area contributed by atoms with Gasteiger partial charge in [-0.05, 0) is 0 Å². The van der Waals surface area contributed by atoms with E-state index in [9.17, 15) is 0 Å². The average Bonchev–Trinajstić information content (AvgIpc) is 2.71. The summed E-state index contributed by atoms with van der Waals surface area (Å²) in [5.74, 6) is 0. The highest BCUT2D eigenvalue weighted by Gasteiger charge is 2.20. The zero-order valence-electron chi connectivity index (χ0n) is 7.20. The fraction of sp³-hybridized carbons (Fsp3) is 0.714. The number of hydrogen-bond donors (Lipinski definition) is 1. The Hall–Kier alpha value is -0.980. The molecule has 0 spiro atoms. The van der Waals surface area contributed by atoms with E-state index >= 15 is 0 Å². The Labute approximate surface area is 75.7 Å². The number of hydrogen-bond acceptors (Lipinski definition) is 5. The molecule has 1 fully saturated rings. The van der Waals surface area contributed by atoms with Crippen LogP contribution in [-0.4, -0.2) is 50.7 Å². The van der Waals surface area contributed by atoms with Crippen LogP contribution in [0.3, 0.4) is 0 Å². The maximum Gasteiger partial charge on any atom is 0.137 e. The highest BCUT2D eigenvalue weighted by molar-refractivity contribution is 4.64. The minimum absolute atomic E-state index is 0.351. The van der Waals surface area contributed by atoms with Gasteiger partial charge in [-0.2, -0.15) is 10.2 Å². The van der Waals surface area contributed by atoms with Gasteiger partial charge in [-0.15, -0.1) is 0 Å². The van der Waals surface area contributed by atoms with Gasteiger partial charge in [-0.3, -0.25) is 9.52 Å². The second-order valence-corrected chi connectivity index (χ2v) is 3.00. The first-order chi connectivity index (χ1) is 6.34. The lowest BCUT2D eigenvalue weighted by atomic mass is 10.4. The van der Waals surface area contributed by atoms with Gasteiger partial charge in [0.2, 0.25) is 0 Å². The fourth-order valence-corrected chi connectivity index (χ4v) is 1.25. The summed E-state index contributed by atoms with van der Waals surface area (Å²) >= 11 is 0. The Kier molecular flexibility index (Phi) is 2.53. The molecule has 0 saturated carbocycles. The molecule has 1 saturated heterocycles. The van der Waals surface area contributed by atoms with Gasteiger partial charge in [0.25, 0.3) is 0 Å². The van der Waals surface area contributed by atoms with E-state index in [2.05, 4.69) is 10.1 Å². The Balaban J connectivity index is 1.74. The summed E-state index contributed by atoms with van der Waals surface area (Å²) in [4.78, 5) is 9.01.